The van der Waals surface area contributed by atoms with Gasteiger partial charge in [0.2, 0.25) is 11.7 Å². The Morgan fingerprint density at radius 1 is 0.980 bits per heavy atom. The Morgan fingerprint density at radius 2 is 1.78 bits per heavy atom. The first kappa shape index (κ1) is 33.7. The molecule has 0 saturated carbocycles. The van der Waals surface area contributed by atoms with Gasteiger partial charge in [-0.1, -0.05) is 30.3 Å². The largest absolute Gasteiger partial charge is 0.497 e. The summed E-state index contributed by atoms with van der Waals surface area (Å²) in [5.41, 5.74) is 3.73. The Bertz CT molecular complexity index is 2170. The van der Waals surface area contributed by atoms with Crippen molar-refractivity contribution in [2.45, 2.75) is 40.5 Å². The first-order valence-corrected chi connectivity index (χ1v) is 16.0. The van der Waals surface area contributed by atoms with Crippen LogP contribution in [-0.4, -0.2) is 62.2 Å². The molecule has 50 heavy (non-hydrogen) atoms. The predicted octanol–water partition coefficient (Wildman–Crippen LogP) is 5.52. The summed E-state index contributed by atoms with van der Waals surface area (Å²) in [6, 6.07) is 16.7. The molecule has 4 aromatic heterocycles. The van der Waals surface area contributed by atoms with Gasteiger partial charge >= 0.3 is 5.97 Å². The Labute approximate surface area is 287 Å². The minimum Gasteiger partial charge on any atom is -0.497 e. The number of carbonyl (C=O) groups excluding carboxylic acids is 2. The van der Waals surface area contributed by atoms with E-state index in [1.54, 1.807) is 62.0 Å². The second-order valence-corrected chi connectivity index (χ2v) is 11.2. The lowest BCUT2D eigenvalue weighted by atomic mass is 10.1. The number of nitrogens with one attached hydrogen (secondary N) is 1. The van der Waals surface area contributed by atoms with Gasteiger partial charge in [0.25, 0.3) is 5.91 Å². The number of aromatic nitrogens is 6. The fraction of sp³-hybridized carbons (Fsp3) is 0.278. The van der Waals surface area contributed by atoms with Crippen molar-refractivity contribution in [2.24, 2.45) is 7.05 Å². The molecule has 0 aliphatic heterocycles. The Balaban J connectivity index is 1.43. The molecule has 2 aromatic carbocycles. The zero-order chi connectivity index (χ0) is 35.4. The summed E-state index contributed by atoms with van der Waals surface area (Å²) in [7, 11) is 4.86. The fourth-order valence-electron chi connectivity index (χ4n) is 5.52. The number of aryl methyl sites for hydroxylation is 3. The number of fused-ring (bicyclic) bond motifs is 1. The molecule has 14 heteroatoms. The summed E-state index contributed by atoms with van der Waals surface area (Å²) < 4.78 is 31.9. The molecule has 0 fully saturated rings. The number of hydrogen-bond acceptors (Lipinski definition) is 11. The molecule has 0 aliphatic carbocycles. The minimum atomic E-state index is -0.743. The van der Waals surface area contributed by atoms with Crippen LogP contribution in [0.3, 0.4) is 0 Å². The highest BCUT2D eigenvalue weighted by atomic mass is 16.5. The first-order chi connectivity index (χ1) is 24.3. The van der Waals surface area contributed by atoms with Crippen molar-refractivity contribution in [3.63, 3.8) is 0 Å². The van der Waals surface area contributed by atoms with E-state index in [1.165, 1.54) is 0 Å². The van der Waals surface area contributed by atoms with E-state index in [0.29, 0.717) is 46.1 Å². The van der Waals surface area contributed by atoms with Gasteiger partial charge in [-0.05, 0) is 44.5 Å². The lowest BCUT2D eigenvalue weighted by molar-refractivity contribution is 0.0492. The van der Waals surface area contributed by atoms with Gasteiger partial charge in [-0.3, -0.25) is 14.2 Å². The molecule has 6 rings (SSSR count). The van der Waals surface area contributed by atoms with E-state index in [9.17, 15) is 9.59 Å². The SMILES string of the molecule is CCOC(=O)c1oc(-c2c(OCc3ccccc3)c(C)nn2CC)nc1-c1nc(C(=O)NCc2ccc(OC)cc2OC)cc2c1cnn2C. The lowest BCUT2D eigenvalue weighted by Crippen LogP contribution is -2.24. The second-order valence-electron chi connectivity index (χ2n) is 11.2. The van der Waals surface area contributed by atoms with Crippen molar-refractivity contribution in [1.82, 2.24) is 34.8 Å². The summed E-state index contributed by atoms with van der Waals surface area (Å²) in [5.74, 6) is 0.326. The maximum Gasteiger partial charge on any atom is 0.376 e. The third kappa shape index (κ3) is 6.59. The van der Waals surface area contributed by atoms with E-state index < -0.39 is 11.9 Å². The molecule has 0 unspecified atom stereocenters. The molecule has 6 aromatic rings. The van der Waals surface area contributed by atoms with Crippen LogP contribution in [0.25, 0.3) is 33.9 Å². The number of amides is 1. The molecule has 14 nitrogen and oxygen atoms in total. The topological polar surface area (TPSA) is 158 Å². The number of carbonyl (C=O) groups is 2. The van der Waals surface area contributed by atoms with Crippen molar-refractivity contribution in [3.8, 4) is 40.2 Å². The highest BCUT2D eigenvalue weighted by Gasteiger charge is 2.31. The molecule has 4 heterocycles. The zero-order valence-electron chi connectivity index (χ0n) is 28.6. The third-order valence-corrected chi connectivity index (χ3v) is 8.02. The van der Waals surface area contributed by atoms with Gasteiger partial charge in [0.1, 0.15) is 40.9 Å². The van der Waals surface area contributed by atoms with E-state index in [4.69, 9.17) is 33.3 Å². The third-order valence-electron chi connectivity index (χ3n) is 8.02. The Hall–Kier alpha value is -6.18. The van der Waals surface area contributed by atoms with Crippen LogP contribution in [0.15, 0.2) is 65.2 Å². The van der Waals surface area contributed by atoms with E-state index in [0.717, 1.165) is 11.1 Å². The van der Waals surface area contributed by atoms with Crippen molar-refractivity contribution < 1.29 is 33.0 Å². The molecule has 0 atom stereocenters. The first-order valence-electron chi connectivity index (χ1n) is 16.0. The average Bonchev–Trinajstić information content (AvgIpc) is 3.84. The minimum absolute atomic E-state index is 0.0734. The summed E-state index contributed by atoms with van der Waals surface area (Å²) >= 11 is 0. The number of benzene rings is 2. The molecule has 1 amide bonds. The Kier molecular flexibility index (Phi) is 9.79. The Morgan fingerprint density at radius 3 is 2.50 bits per heavy atom. The van der Waals surface area contributed by atoms with E-state index in [-0.39, 0.29) is 48.5 Å². The predicted molar refractivity (Wildman–Crippen MR) is 183 cm³/mol. The molecular weight excluding hydrogens is 642 g/mol. The van der Waals surface area contributed by atoms with E-state index in [2.05, 4.69) is 15.5 Å². The van der Waals surface area contributed by atoms with Crippen LogP contribution in [0.1, 0.15) is 51.7 Å². The van der Waals surface area contributed by atoms with E-state index >= 15 is 0 Å². The molecule has 0 spiro atoms. The number of hydrogen-bond donors (Lipinski definition) is 1. The number of pyridine rings is 1. The van der Waals surface area contributed by atoms with Crippen LogP contribution in [0, 0.1) is 6.92 Å². The number of esters is 1. The standard InChI is InChI=1S/C36H37N7O7/c1-7-43-31(32(21(3)41-43)49-20-22-12-10-9-11-13-22)35-40-30(33(50-35)36(45)48-8-2)29-25-19-38-42(4)27(25)17-26(39-29)34(44)37-18-23-14-15-24(46-5)16-28(23)47-6/h9-17,19H,7-8,18,20H2,1-6H3,(H,37,44). The number of methoxy groups -OCH3 is 2. The van der Waals surface area contributed by atoms with Gasteiger partial charge in [0, 0.05) is 37.2 Å². The summed E-state index contributed by atoms with van der Waals surface area (Å²) in [5, 5.41) is 12.5. The maximum atomic E-state index is 13.6. The zero-order valence-corrected chi connectivity index (χ0v) is 28.6. The molecular formula is C36H37N7O7. The van der Waals surface area contributed by atoms with Crippen LogP contribution >= 0.6 is 0 Å². The van der Waals surface area contributed by atoms with Gasteiger partial charge in [-0.25, -0.2) is 14.8 Å². The van der Waals surface area contributed by atoms with Gasteiger partial charge in [-0.15, -0.1) is 0 Å². The van der Waals surface area contributed by atoms with Gasteiger partial charge < -0.3 is 28.7 Å². The van der Waals surface area contributed by atoms with E-state index in [1.807, 2.05) is 50.2 Å². The van der Waals surface area contributed by atoms with Gasteiger partial charge in [-0.2, -0.15) is 10.2 Å². The fourth-order valence-corrected chi connectivity index (χ4v) is 5.52. The van der Waals surface area contributed by atoms with Gasteiger partial charge in [0.15, 0.2) is 11.4 Å². The summed E-state index contributed by atoms with van der Waals surface area (Å²) in [6.07, 6.45) is 1.60. The van der Waals surface area contributed by atoms with Crippen LogP contribution in [-0.2, 0) is 31.5 Å². The second kappa shape index (κ2) is 14.5. The highest BCUT2D eigenvalue weighted by molar-refractivity contribution is 6.03. The molecule has 1 N–H and O–H groups in total. The number of rotatable bonds is 13. The van der Waals surface area contributed by atoms with Crippen molar-refractivity contribution >= 4 is 22.8 Å². The summed E-state index contributed by atoms with van der Waals surface area (Å²) in [4.78, 5) is 36.6. The van der Waals surface area contributed by atoms with Crippen LogP contribution in [0.5, 0.6) is 17.2 Å². The van der Waals surface area contributed by atoms with Gasteiger partial charge in [0.05, 0.1) is 32.5 Å². The number of nitrogens with zero attached hydrogens (tertiary/aromatic N) is 6. The average molecular weight is 680 g/mol. The molecule has 0 bridgehead atoms. The summed E-state index contributed by atoms with van der Waals surface area (Å²) in [6.45, 7) is 6.45. The van der Waals surface area contributed by atoms with Crippen LogP contribution < -0.4 is 19.5 Å². The van der Waals surface area contributed by atoms with Crippen LogP contribution in [0.2, 0.25) is 0 Å². The molecule has 0 aliphatic rings. The lowest BCUT2D eigenvalue weighted by Gasteiger charge is -2.12. The van der Waals surface area contributed by atoms with Crippen molar-refractivity contribution in [1.29, 1.82) is 0 Å². The van der Waals surface area contributed by atoms with Crippen molar-refractivity contribution in [2.75, 3.05) is 20.8 Å². The highest BCUT2D eigenvalue weighted by Crippen LogP contribution is 2.38. The maximum absolute atomic E-state index is 13.6. The molecule has 0 saturated heterocycles. The van der Waals surface area contributed by atoms with Crippen LogP contribution in [0.4, 0.5) is 0 Å². The molecule has 0 radical (unpaired) electrons. The molecule has 258 valence electrons. The quantitative estimate of drug-likeness (QED) is 0.153. The smallest absolute Gasteiger partial charge is 0.376 e. The normalized spacial score (nSPS) is 11.1. The number of ether oxygens (including phenoxy) is 4. The van der Waals surface area contributed by atoms with Crippen molar-refractivity contribution in [3.05, 3.63) is 89.1 Å². The monoisotopic (exact) mass is 679 g/mol. The number of oxazole rings is 1.